The number of hydrogen-bond donors (Lipinski definition) is 1. The minimum absolute atomic E-state index is 0.0375. The Kier molecular flexibility index (Phi) is 7.73. The lowest BCUT2D eigenvalue weighted by molar-refractivity contribution is -0.120. The summed E-state index contributed by atoms with van der Waals surface area (Å²) in [4.78, 5) is 16.8. The predicted octanol–water partition coefficient (Wildman–Crippen LogP) is 1.77. The second-order valence-corrected chi connectivity index (χ2v) is 11.8. The highest BCUT2D eigenvalue weighted by molar-refractivity contribution is 7.89. The molecule has 1 N–H and O–H groups in total. The highest BCUT2D eigenvalue weighted by Gasteiger charge is 2.32. The van der Waals surface area contributed by atoms with Crippen LogP contribution in [-0.4, -0.2) is 70.1 Å². The molecular weight excluding hydrogens is 468 g/mol. The van der Waals surface area contributed by atoms with Crippen molar-refractivity contribution in [3.63, 3.8) is 0 Å². The van der Waals surface area contributed by atoms with Gasteiger partial charge < -0.3 is 10.1 Å². The van der Waals surface area contributed by atoms with E-state index in [1.807, 2.05) is 0 Å². The van der Waals surface area contributed by atoms with E-state index in [1.165, 1.54) is 49.0 Å². The molecule has 1 aliphatic heterocycles. The van der Waals surface area contributed by atoms with Gasteiger partial charge >= 0.3 is 0 Å². The Labute approximate surface area is 194 Å². The van der Waals surface area contributed by atoms with Gasteiger partial charge in [-0.2, -0.15) is 4.31 Å². The molecule has 0 aliphatic carbocycles. The Bertz CT molecular complexity index is 1190. The molecule has 10 nitrogen and oxygen atoms in total. The molecule has 1 amide bonds. The average Bonchev–Trinajstić information content (AvgIpc) is 2.80. The minimum Gasteiger partial charge on any atom is -0.492 e. The van der Waals surface area contributed by atoms with E-state index in [2.05, 4.69) is 10.3 Å². The molecule has 0 unspecified atom stereocenters. The monoisotopic (exact) mass is 496 g/mol. The van der Waals surface area contributed by atoms with Crippen molar-refractivity contribution in [1.29, 1.82) is 0 Å². The molecular formula is C21H28N4O6S2. The number of pyridine rings is 1. The number of carbonyl (C=O) groups excluding carboxylic acids is 1. The van der Waals surface area contributed by atoms with Gasteiger partial charge in [0.25, 0.3) is 0 Å². The topological polar surface area (TPSA) is 126 Å². The van der Waals surface area contributed by atoms with Crippen LogP contribution in [-0.2, 0) is 24.8 Å². The van der Waals surface area contributed by atoms with Crippen LogP contribution < -0.4 is 10.1 Å². The molecule has 1 saturated heterocycles. The van der Waals surface area contributed by atoms with Crippen LogP contribution >= 0.6 is 0 Å². The number of benzene rings is 1. The van der Waals surface area contributed by atoms with Crippen molar-refractivity contribution in [2.75, 3.05) is 39.1 Å². The summed E-state index contributed by atoms with van der Waals surface area (Å²) >= 11 is 0. The first-order valence-electron chi connectivity index (χ1n) is 10.5. The Morgan fingerprint density at radius 1 is 1.18 bits per heavy atom. The largest absolute Gasteiger partial charge is 0.492 e. The second kappa shape index (κ2) is 10.2. The fraction of sp³-hybridized carbons (Fsp3) is 0.429. The molecule has 1 aromatic carbocycles. The summed E-state index contributed by atoms with van der Waals surface area (Å²) in [6.07, 6.45) is 3.52. The van der Waals surface area contributed by atoms with Crippen LogP contribution in [0.2, 0.25) is 0 Å². The van der Waals surface area contributed by atoms with E-state index in [-0.39, 0.29) is 34.5 Å². The highest BCUT2D eigenvalue weighted by Crippen LogP contribution is 2.30. The van der Waals surface area contributed by atoms with Gasteiger partial charge in [-0.05, 0) is 50.1 Å². The van der Waals surface area contributed by atoms with Crippen LogP contribution in [0.25, 0.3) is 0 Å². The third kappa shape index (κ3) is 5.52. The number of anilines is 1. The molecule has 1 fully saturated rings. The van der Waals surface area contributed by atoms with Crippen molar-refractivity contribution < 1.29 is 26.4 Å². The molecule has 0 spiro atoms. The summed E-state index contributed by atoms with van der Waals surface area (Å²) in [6.45, 7) is 2.46. The highest BCUT2D eigenvalue weighted by atomic mass is 32.2. The second-order valence-electron chi connectivity index (χ2n) is 7.74. The van der Waals surface area contributed by atoms with Gasteiger partial charge in [0.2, 0.25) is 26.0 Å². The third-order valence-electron chi connectivity index (χ3n) is 5.37. The van der Waals surface area contributed by atoms with Crippen molar-refractivity contribution in [2.45, 2.75) is 29.6 Å². The van der Waals surface area contributed by atoms with Gasteiger partial charge in [-0.25, -0.2) is 21.1 Å². The Balaban J connectivity index is 1.70. The van der Waals surface area contributed by atoms with Crippen LogP contribution in [0, 0.1) is 5.92 Å². The third-order valence-corrected chi connectivity index (χ3v) is 9.09. The number of nitrogens with one attached hydrogen (secondary N) is 1. The van der Waals surface area contributed by atoms with E-state index in [1.54, 1.807) is 19.1 Å². The van der Waals surface area contributed by atoms with Crippen molar-refractivity contribution in [3.05, 3.63) is 42.7 Å². The lowest BCUT2D eigenvalue weighted by atomic mass is 9.97. The summed E-state index contributed by atoms with van der Waals surface area (Å²) in [6, 6.07) is 7.53. The predicted molar refractivity (Wildman–Crippen MR) is 123 cm³/mol. The van der Waals surface area contributed by atoms with Gasteiger partial charge in [-0.3, -0.25) is 9.78 Å². The Morgan fingerprint density at radius 3 is 2.45 bits per heavy atom. The smallest absolute Gasteiger partial charge is 0.246 e. The van der Waals surface area contributed by atoms with Gasteiger partial charge in [-0.15, -0.1) is 0 Å². The van der Waals surface area contributed by atoms with Crippen LogP contribution in [0.15, 0.2) is 52.5 Å². The normalized spacial score (nSPS) is 16.0. The molecule has 3 rings (SSSR count). The van der Waals surface area contributed by atoms with Gasteiger partial charge in [0, 0.05) is 51.2 Å². The van der Waals surface area contributed by atoms with Gasteiger partial charge in [-0.1, -0.05) is 0 Å². The maximum atomic E-state index is 12.8. The molecule has 0 bridgehead atoms. The Morgan fingerprint density at radius 2 is 1.88 bits per heavy atom. The summed E-state index contributed by atoms with van der Waals surface area (Å²) in [5, 5.41) is 2.76. The molecule has 0 atom stereocenters. The minimum atomic E-state index is -3.78. The van der Waals surface area contributed by atoms with E-state index in [9.17, 15) is 21.6 Å². The maximum absolute atomic E-state index is 12.8. The van der Waals surface area contributed by atoms with Crippen molar-refractivity contribution in [3.8, 4) is 5.75 Å². The van der Waals surface area contributed by atoms with Crippen LogP contribution in [0.1, 0.15) is 19.8 Å². The maximum Gasteiger partial charge on any atom is 0.246 e. The van der Waals surface area contributed by atoms with E-state index in [4.69, 9.17) is 4.74 Å². The molecule has 33 heavy (non-hydrogen) atoms. The molecule has 180 valence electrons. The summed E-state index contributed by atoms with van der Waals surface area (Å²) < 4.78 is 58.7. The number of carbonyl (C=O) groups is 1. The van der Waals surface area contributed by atoms with Crippen LogP contribution in [0.4, 0.5) is 5.69 Å². The van der Waals surface area contributed by atoms with Crippen LogP contribution in [0.5, 0.6) is 5.75 Å². The zero-order chi connectivity index (χ0) is 24.2. The molecule has 1 aliphatic rings. The van der Waals surface area contributed by atoms with Crippen molar-refractivity contribution >= 4 is 31.6 Å². The number of sulfonamides is 2. The SMILES string of the molecule is CCOc1ccc(NC(=O)C2CCN(S(=O)(=O)c3cccnc3)CC2)cc1S(=O)(=O)N(C)C. The zero-order valence-corrected chi connectivity index (χ0v) is 20.4. The fourth-order valence-electron chi connectivity index (χ4n) is 3.51. The molecule has 12 heteroatoms. The number of aromatic nitrogens is 1. The Hall–Kier alpha value is -2.54. The lowest BCUT2D eigenvalue weighted by Crippen LogP contribution is -2.41. The number of piperidine rings is 1. The summed E-state index contributed by atoms with van der Waals surface area (Å²) in [5.74, 6) is -0.477. The van der Waals surface area contributed by atoms with Crippen molar-refractivity contribution in [2.24, 2.45) is 5.92 Å². The number of amides is 1. The van der Waals surface area contributed by atoms with E-state index in [0.717, 1.165) is 4.31 Å². The number of nitrogens with zero attached hydrogens (tertiary/aromatic N) is 3. The van der Waals surface area contributed by atoms with E-state index < -0.39 is 26.0 Å². The molecule has 1 aromatic heterocycles. The molecule has 2 aromatic rings. The molecule has 0 radical (unpaired) electrons. The lowest BCUT2D eigenvalue weighted by Gasteiger charge is -2.30. The van der Waals surface area contributed by atoms with Crippen LogP contribution in [0.3, 0.4) is 0 Å². The first kappa shape index (κ1) is 25.1. The zero-order valence-electron chi connectivity index (χ0n) is 18.8. The van der Waals surface area contributed by atoms with Gasteiger partial charge in [0.05, 0.1) is 6.61 Å². The summed E-state index contributed by atoms with van der Waals surface area (Å²) in [5.41, 5.74) is 0.328. The van der Waals surface area contributed by atoms with Crippen molar-refractivity contribution in [1.82, 2.24) is 13.6 Å². The standard InChI is InChI=1S/C21H28N4O6S2/c1-4-31-19-8-7-17(14-20(19)33(29,30)24(2)3)23-21(26)16-9-12-25(13-10-16)32(27,28)18-6-5-11-22-15-18/h5-8,11,14-16H,4,9-10,12-13H2,1-3H3,(H,23,26). The molecule has 2 heterocycles. The fourth-order valence-corrected chi connectivity index (χ4v) is 6.00. The first-order chi connectivity index (χ1) is 15.6. The van der Waals surface area contributed by atoms with E-state index >= 15 is 0 Å². The molecule has 0 saturated carbocycles. The first-order valence-corrected chi connectivity index (χ1v) is 13.4. The van der Waals surface area contributed by atoms with Gasteiger partial charge in [0.15, 0.2) is 0 Å². The number of ether oxygens (including phenoxy) is 1. The number of hydrogen-bond acceptors (Lipinski definition) is 7. The summed E-state index contributed by atoms with van der Waals surface area (Å²) in [7, 11) is -4.60. The number of rotatable bonds is 8. The van der Waals surface area contributed by atoms with Gasteiger partial charge in [0.1, 0.15) is 15.5 Å². The van der Waals surface area contributed by atoms with E-state index in [0.29, 0.717) is 25.1 Å². The average molecular weight is 497 g/mol. The quantitative estimate of drug-likeness (QED) is 0.590.